The van der Waals surface area contributed by atoms with Crippen molar-refractivity contribution in [1.82, 2.24) is 4.90 Å². The fraction of sp³-hybridized carbons (Fsp3) is 0.400. The van der Waals surface area contributed by atoms with Crippen molar-refractivity contribution in [1.29, 1.82) is 0 Å². The molecule has 7 heteroatoms. The highest BCUT2D eigenvalue weighted by Crippen LogP contribution is 2.25. The number of piperidine rings is 1. The van der Waals surface area contributed by atoms with Gasteiger partial charge in [0.25, 0.3) is 10.0 Å². The normalized spacial score (nSPS) is 16.3. The summed E-state index contributed by atoms with van der Waals surface area (Å²) in [6.45, 7) is 4.40. The molecule has 0 aliphatic carbocycles. The number of rotatable bonds is 6. The lowest BCUT2D eigenvalue weighted by Crippen LogP contribution is -2.32. The molecular weight excluding hydrogens is 367 g/mol. The Morgan fingerprint density at radius 2 is 1.81 bits per heavy atom. The Morgan fingerprint density at radius 1 is 1.15 bits per heavy atom. The Balaban J connectivity index is 1.63. The second-order valence-corrected chi connectivity index (χ2v) is 8.80. The molecule has 0 aromatic heterocycles. The van der Waals surface area contributed by atoms with Crippen LogP contribution in [-0.4, -0.2) is 40.1 Å². The first kappa shape index (κ1) is 19.6. The zero-order valence-corrected chi connectivity index (χ0v) is 16.4. The number of halogens is 1. The number of anilines is 1. The van der Waals surface area contributed by atoms with Crippen molar-refractivity contribution in [3.05, 3.63) is 53.8 Å². The average molecular weight is 392 g/mol. The maximum atomic E-state index is 14.3. The van der Waals surface area contributed by atoms with E-state index in [2.05, 4.69) is 16.7 Å². The summed E-state index contributed by atoms with van der Waals surface area (Å²) in [5, 5.41) is 0. The Hall–Kier alpha value is -2.12. The van der Waals surface area contributed by atoms with Gasteiger partial charge in [-0.2, -0.15) is 0 Å². The van der Waals surface area contributed by atoms with Crippen molar-refractivity contribution in [3.63, 3.8) is 0 Å². The van der Waals surface area contributed by atoms with Crippen LogP contribution in [0.25, 0.3) is 0 Å². The van der Waals surface area contributed by atoms with Gasteiger partial charge < -0.3 is 9.64 Å². The van der Waals surface area contributed by atoms with E-state index in [9.17, 15) is 12.8 Å². The molecule has 1 N–H and O–H groups in total. The number of aryl methyl sites for hydroxylation is 1. The van der Waals surface area contributed by atoms with Crippen LogP contribution in [0.4, 0.5) is 10.1 Å². The van der Waals surface area contributed by atoms with Crippen LogP contribution in [0.5, 0.6) is 5.75 Å². The van der Waals surface area contributed by atoms with Crippen LogP contribution < -0.4 is 9.46 Å². The van der Waals surface area contributed by atoms with Gasteiger partial charge in [-0.25, -0.2) is 12.8 Å². The van der Waals surface area contributed by atoms with Crippen LogP contribution in [0.1, 0.15) is 18.4 Å². The molecule has 27 heavy (non-hydrogen) atoms. The molecule has 0 radical (unpaired) electrons. The minimum atomic E-state index is -3.76. The van der Waals surface area contributed by atoms with E-state index in [1.165, 1.54) is 24.3 Å². The predicted molar refractivity (Wildman–Crippen MR) is 104 cm³/mol. The first-order valence-corrected chi connectivity index (χ1v) is 10.5. The smallest absolute Gasteiger partial charge is 0.261 e. The second kappa shape index (κ2) is 8.27. The van der Waals surface area contributed by atoms with Gasteiger partial charge in [-0.1, -0.05) is 17.7 Å². The molecule has 1 aliphatic heterocycles. The monoisotopic (exact) mass is 392 g/mol. The first-order chi connectivity index (χ1) is 12.8. The van der Waals surface area contributed by atoms with Gasteiger partial charge in [0.1, 0.15) is 0 Å². The van der Waals surface area contributed by atoms with Gasteiger partial charge >= 0.3 is 0 Å². The molecule has 0 amide bonds. The molecule has 0 spiro atoms. The van der Waals surface area contributed by atoms with E-state index >= 15 is 0 Å². The van der Waals surface area contributed by atoms with Crippen LogP contribution in [0.2, 0.25) is 0 Å². The Kier molecular flexibility index (Phi) is 6.01. The lowest BCUT2D eigenvalue weighted by atomic mass is 9.98. The molecule has 1 aliphatic rings. The van der Waals surface area contributed by atoms with Gasteiger partial charge in [-0.15, -0.1) is 0 Å². The Labute approximate surface area is 160 Å². The molecule has 2 aromatic rings. The topological polar surface area (TPSA) is 58.6 Å². The van der Waals surface area contributed by atoms with E-state index in [-0.39, 0.29) is 16.3 Å². The van der Waals surface area contributed by atoms with E-state index in [0.717, 1.165) is 37.6 Å². The van der Waals surface area contributed by atoms with Gasteiger partial charge in [0.05, 0.1) is 17.2 Å². The van der Waals surface area contributed by atoms with Crippen LogP contribution in [-0.2, 0) is 10.0 Å². The van der Waals surface area contributed by atoms with Crippen molar-refractivity contribution >= 4 is 15.7 Å². The minimum absolute atomic E-state index is 0.135. The van der Waals surface area contributed by atoms with Crippen molar-refractivity contribution < 1.29 is 17.5 Å². The number of nitrogens with zero attached hydrogens (tertiary/aromatic N) is 1. The summed E-state index contributed by atoms with van der Waals surface area (Å²) in [5.41, 5.74) is 1.13. The van der Waals surface area contributed by atoms with Crippen molar-refractivity contribution in [2.24, 2.45) is 5.92 Å². The van der Waals surface area contributed by atoms with Gasteiger partial charge in [-0.3, -0.25) is 4.72 Å². The third-order valence-corrected chi connectivity index (χ3v) is 6.23. The largest absolute Gasteiger partial charge is 0.490 e. The van der Waals surface area contributed by atoms with E-state index in [0.29, 0.717) is 12.5 Å². The summed E-state index contributed by atoms with van der Waals surface area (Å²) < 4.78 is 47.2. The summed E-state index contributed by atoms with van der Waals surface area (Å²) in [6, 6.07) is 10.6. The fourth-order valence-corrected chi connectivity index (χ4v) is 4.10. The molecule has 5 nitrogen and oxygen atoms in total. The summed E-state index contributed by atoms with van der Waals surface area (Å²) in [6.07, 6.45) is 2.07. The number of hydrogen-bond donors (Lipinski definition) is 1. The maximum Gasteiger partial charge on any atom is 0.261 e. The first-order valence-electron chi connectivity index (χ1n) is 9.04. The van der Waals surface area contributed by atoms with Crippen LogP contribution in [0, 0.1) is 18.7 Å². The number of ether oxygens (including phenoxy) is 1. The number of benzene rings is 2. The van der Waals surface area contributed by atoms with Crippen LogP contribution in [0.3, 0.4) is 0 Å². The average Bonchev–Trinajstić information content (AvgIpc) is 2.62. The van der Waals surface area contributed by atoms with E-state index in [1.807, 2.05) is 6.92 Å². The van der Waals surface area contributed by atoms with Crippen molar-refractivity contribution in [2.75, 3.05) is 31.5 Å². The highest BCUT2D eigenvalue weighted by molar-refractivity contribution is 7.92. The SMILES string of the molecule is Cc1ccc(S(=O)(=O)Nc2ccc(OCC3CCN(C)CC3)c(F)c2)cc1. The second-order valence-electron chi connectivity index (χ2n) is 7.12. The molecule has 1 fully saturated rings. The lowest BCUT2D eigenvalue weighted by Gasteiger charge is -2.28. The van der Waals surface area contributed by atoms with Crippen LogP contribution in [0.15, 0.2) is 47.4 Å². The molecule has 146 valence electrons. The van der Waals surface area contributed by atoms with Crippen molar-refractivity contribution in [3.8, 4) is 5.75 Å². The maximum absolute atomic E-state index is 14.3. The molecule has 1 heterocycles. The number of nitrogens with one attached hydrogen (secondary N) is 1. The molecule has 1 saturated heterocycles. The number of sulfonamides is 1. The predicted octanol–water partition coefficient (Wildman–Crippen LogP) is 3.66. The fourth-order valence-electron chi connectivity index (χ4n) is 3.05. The third-order valence-electron chi connectivity index (χ3n) is 4.83. The molecule has 0 unspecified atom stereocenters. The summed E-state index contributed by atoms with van der Waals surface area (Å²) in [5.74, 6) is -0.0143. The molecule has 3 rings (SSSR count). The molecule has 0 atom stereocenters. The zero-order chi connectivity index (χ0) is 19.4. The van der Waals surface area contributed by atoms with E-state index < -0.39 is 15.8 Å². The number of hydrogen-bond acceptors (Lipinski definition) is 4. The summed E-state index contributed by atoms with van der Waals surface area (Å²) in [4.78, 5) is 2.41. The van der Waals surface area contributed by atoms with Gasteiger partial charge in [0.15, 0.2) is 11.6 Å². The van der Waals surface area contributed by atoms with Crippen molar-refractivity contribution in [2.45, 2.75) is 24.7 Å². The highest BCUT2D eigenvalue weighted by Gasteiger charge is 2.19. The third kappa shape index (κ3) is 5.20. The van der Waals surface area contributed by atoms with Gasteiger partial charge in [0, 0.05) is 6.07 Å². The number of likely N-dealkylation sites (tertiary alicyclic amines) is 1. The summed E-state index contributed by atoms with van der Waals surface area (Å²) >= 11 is 0. The van der Waals surface area contributed by atoms with Gasteiger partial charge in [0.2, 0.25) is 0 Å². The molecular formula is C20H25FN2O3S. The van der Waals surface area contributed by atoms with E-state index in [1.54, 1.807) is 12.1 Å². The quantitative estimate of drug-likeness (QED) is 0.815. The lowest BCUT2D eigenvalue weighted by molar-refractivity contribution is 0.157. The van der Waals surface area contributed by atoms with E-state index in [4.69, 9.17) is 4.74 Å². The standard InChI is InChI=1S/C20H25FN2O3S/c1-15-3-6-18(7-4-15)27(24,25)22-17-5-8-20(19(21)13-17)26-14-16-9-11-23(2)12-10-16/h3-8,13,16,22H,9-12,14H2,1-2H3. The minimum Gasteiger partial charge on any atom is -0.490 e. The highest BCUT2D eigenvalue weighted by atomic mass is 32.2. The molecule has 0 bridgehead atoms. The van der Waals surface area contributed by atoms with Crippen LogP contribution >= 0.6 is 0 Å². The van der Waals surface area contributed by atoms with Gasteiger partial charge in [-0.05, 0) is 70.1 Å². The molecule has 2 aromatic carbocycles. The molecule has 0 saturated carbocycles. The summed E-state index contributed by atoms with van der Waals surface area (Å²) in [7, 11) is -1.67. The Morgan fingerprint density at radius 3 is 2.44 bits per heavy atom. The zero-order valence-electron chi connectivity index (χ0n) is 15.6. The Bertz CT molecular complexity index is 877.